The predicted molar refractivity (Wildman–Crippen MR) is 111 cm³/mol. The number of ether oxygens (including phenoxy) is 1. The summed E-state index contributed by atoms with van der Waals surface area (Å²) in [5.74, 6) is 1.25. The lowest BCUT2D eigenvalue weighted by atomic mass is 10.1. The second-order valence-electron chi connectivity index (χ2n) is 6.74. The molecule has 0 bridgehead atoms. The van der Waals surface area contributed by atoms with E-state index in [0.717, 1.165) is 16.9 Å². The molecule has 0 atom stereocenters. The Balaban J connectivity index is 1.67. The van der Waals surface area contributed by atoms with Crippen LogP contribution < -0.4 is 10.2 Å². The molecule has 29 heavy (non-hydrogen) atoms. The van der Waals surface area contributed by atoms with Crippen molar-refractivity contribution in [1.82, 2.24) is 15.0 Å². The van der Waals surface area contributed by atoms with Crippen LogP contribution in [0.15, 0.2) is 82.0 Å². The van der Waals surface area contributed by atoms with E-state index in [2.05, 4.69) is 10.3 Å². The van der Waals surface area contributed by atoms with E-state index in [1.807, 2.05) is 60.7 Å². The molecule has 0 fully saturated rings. The molecule has 6 nitrogen and oxygen atoms in total. The van der Waals surface area contributed by atoms with E-state index in [0.29, 0.717) is 34.3 Å². The van der Waals surface area contributed by atoms with Gasteiger partial charge < -0.3 is 9.15 Å². The first kappa shape index (κ1) is 17.2. The minimum Gasteiger partial charge on any atom is -0.497 e. The third kappa shape index (κ3) is 3.04. The number of nitrogens with zero attached hydrogens (tertiary/aromatic N) is 3. The van der Waals surface area contributed by atoms with Crippen molar-refractivity contribution in [2.75, 3.05) is 7.11 Å². The molecule has 0 aliphatic heterocycles. The summed E-state index contributed by atoms with van der Waals surface area (Å²) in [5.41, 5.74) is 3.61. The Labute approximate surface area is 166 Å². The van der Waals surface area contributed by atoms with Crippen LogP contribution in [0.25, 0.3) is 33.3 Å². The summed E-state index contributed by atoms with van der Waals surface area (Å²) in [4.78, 5) is 13.1. The number of rotatable bonds is 4. The highest BCUT2D eigenvalue weighted by atomic mass is 16.5. The molecule has 0 saturated heterocycles. The first-order valence-electron chi connectivity index (χ1n) is 9.21. The maximum atomic E-state index is 13.1. The van der Waals surface area contributed by atoms with E-state index < -0.39 is 0 Å². The molecule has 0 radical (unpaired) electrons. The average molecular weight is 383 g/mol. The zero-order valence-electron chi connectivity index (χ0n) is 15.7. The summed E-state index contributed by atoms with van der Waals surface area (Å²) in [6.07, 6.45) is 0. The number of fused-ring (bicyclic) bond motifs is 3. The molecule has 0 aliphatic rings. The molecule has 0 aliphatic carbocycles. The van der Waals surface area contributed by atoms with Gasteiger partial charge in [0.25, 0.3) is 0 Å². The number of hydrogen-bond donors (Lipinski definition) is 0. The molecule has 0 saturated carbocycles. The van der Waals surface area contributed by atoms with Gasteiger partial charge in [0.05, 0.1) is 19.0 Å². The van der Waals surface area contributed by atoms with Gasteiger partial charge in [0.2, 0.25) is 0 Å². The van der Waals surface area contributed by atoms with Crippen molar-refractivity contribution in [3.05, 3.63) is 88.6 Å². The van der Waals surface area contributed by atoms with Crippen LogP contribution in [-0.2, 0) is 6.54 Å². The second-order valence-corrected chi connectivity index (χ2v) is 6.74. The summed E-state index contributed by atoms with van der Waals surface area (Å²) >= 11 is 0. The summed E-state index contributed by atoms with van der Waals surface area (Å²) < 4.78 is 13.0. The van der Waals surface area contributed by atoms with Gasteiger partial charge in [-0.05, 0) is 42.0 Å². The predicted octanol–water partition coefficient (Wildman–Crippen LogP) is 4.26. The Morgan fingerprint density at radius 1 is 1.00 bits per heavy atom. The fraction of sp³-hybridized carbons (Fsp3) is 0.0870. The molecule has 3 aromatic carbocycles. The van der Waals surface area contributed by atoms with E-state index in [9.17, 15) is 4.79 Å². The van der Waals surface area contributed by atoms with Crippen LogP contribution in [0.2, 0.25) is 0 Å². The van der Waals surface area contributed by atoms with E-state index in [1.54, 1.807) is 17.9 Å². The molecule has 0 unspecified atom stereocenters. The summed E-state index contributed by atoms with van der Waals surface area (Å²) in [6, 6.07) is 22.5. The fourth-order valence-electron chi connectivity index (χ4n) is 3.48. The monoisotopic (exact) mass is 383 g/mol. The zero-order valence-corrected chi connectivity index (χ0v) is 15.7. The van der Waals surface area contributed by atoms with Crippen molar-refractivity contribution < 1.29 is 9.15 Å². The van der Waals surface area contributed by atoms with Gasteiger partial charge in [0.15, 0.2) is 5.43 Å². The van der Waals surface area contributed by atoms with Crippen LogP contribution in [0.5, 0.6) is 5.75 Å². The molecular formula is C23H17N3O3. The average Bonchev–Trinajstić information content (AvgIpc) is 3.17. The minimum atomic E-state index is -0.126. The van der Waals surface area contributed by atoms with Gasteiger partial charge in [-0.25, -0.2) is 4.68 Å². The Kier molecular flexibility index (Phi) is 4.09. The minimum absolute atomic E-state index is 0.126. The number of methoxy groups -OCH3 is 1. The van der Waals surface area contributed by atoms with Gasteiger partial charge in [-0.1, -0.05) is 35.5 Å². The topological polar surface area (TPSA) is 70.2 Å². The van der Waals surface area contributed by atoms with Crippen LogP contribution in [-0.4, -0.2) is 22.1 Å². The molecule has 2 aromatic heterocycles. The molecule has 5 aromatic rings. The SMILES string of the molecule is COc1ccc(-c2cc(=O)c3c(ccc4nnn(Cc5ccccc5)c43)o2)cc1. The lowest BCUT2D eigenvalue weighted by Gasteiger charge is -2.07. The molecule has 0 amide bonds. The highest BCUT2D eigenvalue weighted by Gasteiger charge is 2.15. The Morgan fingerprint density at radius 3 is 2.55 bits per heavy atom. The summed E-state index contributed by atoms with van der Waals surface area (Å²) in [6.45, 7) is 0.524. The maximum Gasteiger partial charge on any atom is 0.195 e. The maximum absolute atomic E-state index is 13.1. The Morgan fingerprint density at radius 2 is 1.79 bits per heavy atom. The largest absolute Gasteiger partial charge is 0.497 e. The highest BCUT2D eigenvalue weighted by molar-refractivity contribution is 6.01. The highest BCUT2D eigenvalue weighted by Crippen LogP contribution is 2.27. The summed E-state index contributed by atoms with van der Waals surface area (Å²) in [7, 11) is 1.61. The number of hydrogen-bond acceptors (Lipinski definition) is 5. The Hall–Kier alpha value is -3.93. The lowest BCUT2D eigenvalue weighted by molar-refractivity contribution is 0.415. The van der Waals surface area contributed by atoms with E-state index >= 15 is 0 Å². The quantitative estimate of drug-likeness (QED) is 0.464. The van der Waals surface area contributed by atoms with Gasteiger partial charge in [0, 0.05) is 11.6 Å². The van der Waals surface area contributed by atoms with Gasteiger partial charge in [-0.3, -0.25) is 4.79 Å². The molecule has 5 rings (SSSR count). The van der Waals surface area contributed by atoms with Crippen molar-refractivity contribution in [1.29, 1.82) is 0 Å². The van der Waals surface area contributed by atoms with Crippen molar-refractivity contribution in [3.8, 4) is 17.1 Å². The van der Waals surface area contributed by atoms with Crippen molar-refractivity contribution in [2.45, 2.75) is 6.54 Å². The van der Waals surface area contributed by atoms with E-state index in [1.165, 1.54) is 6.07 Å². The normalized spacial score (nSPS) is 11.2. The van der Waals surface area contributed by atoms with Crippen LogP contribution in [0, 0.1) is 0 Å². The molecule has 0 spiro atoms. The fourth-order valence-corrected chi connectivity index (χ4v) is 3.48. The van der Waals surface area contributed by atoms with Gasteiger partial charge in [0.1, 0.15) is 28.1 Å². The molecule has 142 valence electrons. The van der Waals surface area contributed by atoms with E-state index in [4.69, 9.17) is 9.15 Å². The second kappa shape index (κ2) is 6.91. The summed E-state index contributed by atoms with van der Waals surface area (Å²) in [5, 5.41) is 8.96. The zero-order chi connectivity index (χ0) is 19.8. The molecule has 6 heteroatoms. The standard InChI is InChI=1S/C23H17N3O3/c1-28-17-9-7-16(8-10-17)21-13-19(27)22-20(29-21)12-11-18-23(22)26(25-24-18)14-15-5-3-2-4-6-15/h2-13H,14H2,1H3. The first-order chi connectivity index (χ1) is 14.2. The van der Waals surface area contributed by atoms with Crippen molar-refractivity contribution in [2.24, 2.45) is 0 Å². The third-order valence-electron chi connectivity index (χ3n) is 4.92. The number of benzene rings is 3. The van der Waals surface area contributed by atoms with Crippen LogP contribution >= 0.6 is 0 Å². The lowest BCUT2D eigenvalue weighted by Crippen LogP contribution is -2.06. The Bertz CT molecular complexity index is 1370. The van der Waals surface area contributed by atoms with Crippen molar-refractivity contribution in [3.63, 3.8) is 0 Å². The van der Waals surface area contributed by atoms with Crippen LogP contribution in [0.1, 0.15) is 5.56 Å². The first-order valence-corrected chi connectivity index (χ1v) is 9.21. The van der Waals surface area contributed by atoms with Gasteiger partial charge in [-0.15, -0.1) is 5.10 Å². The van der Waals surface area contributed by atoms with Gasteiger partial charge in [-0.2, -0.15) is 0 Å². The van der Waals surface area contributed by atoms with Crippen LogP contribution in [0.3, 0.4) is 0 Å². The molecule has 2 heterocycles. The van der Waals surface area contributed by atoms with Crippen molar-refractivity contribution >= 4 is 22.0 Å². The molecular weight excluding hydrogens is 366 g/mol. The smallest absolute Gasteiger partial charge is 0.195 e. The van der Waals surface area contributed by atoms with Crippen LogP contribution in [0.4, 0.5) is 0 Å². The van der Waals surface area contributed by atoms with E-state index in [-0.39, 0.29) is 5.43 Å². The molecule has 0 N–H and O–H groups in total. The third-order valence-corrected chi connectivity index (χ3v) is 4.92. The van der Waals surface area contributed by atoms with Gasteiger partial charge >= 0.3 is 0 Å². The number of aromatic nitrogens is 3.